The highest BCUT2D eigenvalue weighted by molar-refractivity contribution is 6.30. The predicted octanol–water partition coefficient (Wildman–Crippen LogP) is 3.84. The summed E-state index contributed by atoms with van der Waals surface area (Å²) in [5.41, 5.74) is 1.64. The maximum Gasteiger partial charge on any atom is 0.275 e. The molecule has 8 heteroatoms. The van der Waals surface area contributed by atoms with Crippen LogP contribution in [0.15, 0.2) is 47.0 Å². The molecule has 2 aromatic heterocycles. The van der Waals surface area contributed by atoms with Crippen molar-refractivity contribution in [1.29, 1.82) is 0 Å². The Morgan fingerprint density at radius 1 is 1.00 bits per heavy atom. The van der Waals surface area contributed by atoms with Gasteiger partial charge in [0.2, 0.25) is 0 Å². The first-order chi connectivity index (χ1) is 12.4. The van der Waals surface area contributed by atoms with Crippen LogP contribution in [0.2, 0.25) is 5.02 Å². The van der Waals surface area contributed by atoms with Crippen molar-refractivity contribution in [2.75, 3.05) is 10.6 Å². The average molecular weight is 371 g/mol. The highest BCUT2D eigenvalue weighted by Gasteiger charge is 2.14. The maximum atomic E-state index is 12.4. The first kappa shape index (κ1) is 17.6. The number of nitrogens with zero attached hydrogens (tertiary/aromatic N) is 2. The molecule has 0 saturated heterocycles. The van der Waals surface area contributed by atoms with E-state index < -0.39 is 11.8 Å². The van der Waals surface area contributed by atoms with Crippen LogP contribution >= 0.6 is 11.6 Å². The van der Waals surface area contributed by atoms with Crippen molar-refractivity contribution in [2.24, 2.45) is 0 Å². The largest absolute Gasteiger partial charge is 0.360 e. The summed E-state index contributed by atoms with van der Waals surface area (Å²) in [7, 11) is 0. The van der Waals surface area contributed by atoms with E-state index in [1.165, 1.54) is 12.1 Å². The van der Waals surface area contributed by atoms with Gasteiger partial charge in [0.05, 0.1) is 0 Å². The van der Waals surface area contributed by atoms with Gasteiger partial charge in [-0.2, -0.15) is 0 Å². The Morgan fingerprint density at radius 3 is 2.31 bits per heavy atom. The molecular formula is C18H15ClN4O3. The number of anilines is 2. The standard InChI is InChI=1S/C18H15ClN4O3/c1-10-8-12(19)6-7-13(10)21-17(24)14-4-3-5-15(20-14)18(25)22-16-9-11(2)26-23-16/h3-9H,1-2H3,(H,21,24)(H,22,23,25). The molecule has 0 aliphatic heterocycles. The lowest BCUT2D eigenvalue weighted by Crippen LogP contribution is -2.19. The molecule has 3 rings (SSSR count). The molecule has 7 nitrogen and oxygen atoms in total. The molecule has 2 N–H and O–H groups in total. The normalized spacial score (nSPS) is 10.4. The van der Waals surface area contributed by atoms with E-state index in [9.17, 15) is 9.59 Å². The SMILES string of the molecule is Cc1cc(NC(=O)c2cccc(C(=O)Nc3ccc(Cl)cc3C)n2)no1. The lowest BCUT2D eigenvalue weighted by molar-refractivity contribution is 0.101. The molecule has 0 unspecified atom stereocenters. The molecular weight excluding hydrogens is 356 g/mol. The van der Waals surface area contributed by atoms with E-state index in [0.29, 0.717) is 16.5 Å². The summed E-state index contributed by atoms with van der Waals surface area (Å²) in [6.07, 6.45) is 0. The number of benzene rings is 1. The summed E-state index contributed by atoms with van der Waals surface area (Å²) < 4.78 is 4.89. The van der Waals surface area contributed by atoms with E-state index in [2.05, 4.69) is 20.8 Å². The van der Waals surface area contributed by atoms with Crippen LogP contribution in [-0.2, 0) is 0 Å². The number of carbonyl (C=O) groups is 2. The Bertz CT molecular complexity index is 984. The molecule has 0 bridgehead atoms. The Kier molecular flexibility index (Phi) is 4.99. The Balaban J connectivity index is 1.75. The number of nitrogens with one attached hydrogen (secondary N) is 2. The number of aryl methyl sites for hydroxylation is 2. The fourth-order valence-electron chi connectivity index (χ4n) is 2.25. The van der Waals surface area contributed by atoms with Crippen LogP contribution in [0, 0.1) is 13.8 Å². The molecule has 132 valence electrons. The maximum absolute atomic E-state index is 12.4. The van der Waals surface area contributed by atoms with Crippen LogP contribution in [0.4, 0.5) is 11.5 Å². The Hall–Kier alpha value is -3.19. The highest BCUT2D eigenvalue weighted by atomic mass is 35.5. The minimum Gasteiger partial charge on any atom is -0.360 e. The van der Waals surface area contributed by atoms with Crippen molar-refractivity contribution in [3.05, 3.63) is 70.2 Å². The third kappa shape index (κ3) is 4.07. The number of amides is 2. The van der Waals surface area contributed by atoms with E-state index in [1.54, 1.807) is 37.3 Å². The topological polar surface area (TPSA) is 97.1 Å². The number of hydrogen-bond donors (Lipinski definition) is 2. The summed E-state index contributed by atoms with van der Waals surface area (Å²) in [4.78, 5) is 28.8. The molecule has 0 fully saturated rings. The lowest BCUT2D eigenvalue weighted by Gasteiger charge is -2.09. The zero-order chi connectivity index (χ0) is 18.7. The van der Waals surface area contributed by atoms with Crippen LogP contribution in [0.1, 0.15) is 32.3 Å². The fraction of sp³-hybridized carbons (Fsp3) is 0.111. The smallest absolute Gasteiger partial charge is 0.275 e. The van der Waals surface area contributed by atoms with Gasteiger partial charge in [0.15, 0.2) is 5.82 Å². The van der Waals surface area contributed by atoms with Gasteiger partial charge >= 0.3 is 0 Å². The van der Waals surface area contributed by atoms with E-state index >= 15 is 0 Å². The van der Waals surface area contributed by atoms with E-state index in [4.69, 9.17) is 16.1 Å². The zero-order valence-corrected chi connectivity index (χ0v) is 14.8. The highest BCUT2D eigenvalue weighted by Crippen LogP contribution is 2.20. The summed E-state index contributed by atoms with van der Waals surface area (Å²) in [5, 5.41) is 9.58. The van der Waals surface area contributed by atoms with Crippen LogP contribution in [0.5, 0.6) is 0 Å². The van der Waals surface area contributed by atoms with E-state index in [1.807, 2.05) is 6.92 Å². The predicted molar refractivity (Wildman–Crippen MR) is 97.6 cm³/mol. The van der Waals surface area contributed by atoms with Gasteiger partial charge in [-0.15, -0.1) is 0 Å². The molecule has 0 aliphatic rings. The molecule has 0 aliphatic carbocycles. The van der Waals surface area contributed by atoms with Gasteiger partial charge < -0.3 is 15.2 Å². The molecule has 26 heavy (non-hydrogen) atoms. The average Bonchev–Trinajstić information content (AvgIpc) is 3.02. The summed E-state index contributed by atoms with van der Waals surface area (Å²) in [6.45, 7) is 3.54. The van der Waals surface area contributed by atoms with Crippen molar-refractivity contribution in [3.8, 4) is 0 Å². The quantitative estimate of drug-likeness (QED) is 0.727. The van der Waals surface area contributed by atoms with E-state index in [0.717, 1.165) is 5.56 Å². The van der Waals surface area contributed by atoms with Crippen molar-refractivity contribution < 1.29 is 14.1 Å². The third-order valence-electron chi connectivity index (χ3n) is 3.52. The summed E-state index contributed by atoms with van der Waals surface area (Å²) >= 11 is 5.91. The molecule has 3 aromatic rings. The summed E-state index contributed by atoms with van der Waals surface area (Å²) in [6, 6.07) is 11.3. The number of rotatable bonds is 4. The number of hydrogen-bond acceptors (Lipinski definition) is 5. The monoisotopic (exact) mass is 370 g/mol. The van der Waals surface area contributed by atoms with Crippen molar-refractivity contribution in [2.45, 2.75) is 13.8 Å². The molecule has 2 heterocycles. The van der Waals surface area contributed by atoms with Crippen LogP contribution < -0.4 is 10.6 Å². The van der Waals surface area contributed by atoms with E-state index in [-0.39, 0.29) is 17.2 Å². The minimum absolute atomic E-state index is 0.0890. The van der Waals surface area contributed by atoms with Gasteiger partial charge in [0.25, 0.3) is 11.8 Å². The fourth-order valence-corrected chi connectivity index (χ4v) is 2.47. The van der Waals surface area contributed by atoms with Gasteiger partial charge in [-0.3, -0.25) is 9.59 Å². The number of aromatic nitrogens is 2. The molecule has 0 spiro atoms. The van der Waals surface area contributed by atoms with Gasteiger partial charge in [0, 0.05) is 16.8 Å². The molecule has 1 aromatic carbocycles. The second-order valence-corrected chi connectivity index (χ2v) is 6.03. The number of carbonyl (C=O) groups excluding carboxylic acids is 2. The van der Waals surface area contributed by atoms with Gasteiger partial charge in [0.1, 0.15) is 17.1 Å². The molecule has 0 atom stereocenters. The van der Waals surface area contributed by atoms with Crippen LogP contribution in [-0.4, -0.2) is 22.0 Å². The number of halogens is 1. The third-order valence-corrected chi connectivity index (χ3v) is 3.76. The Morgan fingerprint density at radius 2 is 1.69 bits per heavy atom. The first-order valence-electron chi connectivity index (χ1n) is 7.71. The second kappa shape index (κ2) is 7.37. The number of pyridine rings is 1. The Labute approximate surface area is 154 Å². The van der Waals surface area contributed by atoms with Crippen molar-refractivity contribution in [3.63, 3.8) is 0 Å². The van der Waals surface area contributed by atoms with Gasteiger partial charge in [-0.05, 0) is 49.7 Å². The lowest BCUT2D eigenvalue weighted by atomic mass is 10.2. The summed E-state index contributed by atoms with van der Waals surface area (Å²) in [5.74, 6) is -0.0707. The van der Waals surface area contributed by atoms with Gasteiger partial charge in [-0.25, -0.2) is 4.98 Å². The van der Waals surface area contributed by atoms with Crippen molar-refractivity contribution >= 4 is 34.9 Å². The molecule has 2 amide bonds. The first-order valence-corrected chi connectivity index (χ1v) is 8.09. The second-order valence-electron chi connectivity index (χ2n) is 5.60. The van der Waals surface area contributed by atoms with Crippen LogP contribution in [0.3, 0.4) is 0 Å². The van der Waals surface area contributed by atoms with Crippen LogP contribution in [0.25, 0.3) is 0 Å². The molecule has 0 saturated carbocycles. The zero-order valence-electron chi connectivity index (χ0n) is 14.0. The molecule has 0 radical (unpaired) electrons. The van der Waals surface area contributed by atoms with Gasteiger partial charge in [-0.1, -0.05) is 22.8 Å². The van der Waals surface area contributed by atoms with Crippen molar-refractivity contribution in [1.82, 2.24) is 10.1 Å². The minimum atomic E-state index is -0.490.